The van der Waals surface area contributed by atoms with Gasteiger partial charge in [0, 0.05) is 30.3 Å². The van der Waals surface area contributed by atoms with E-state index < -0.39 is 0 Å². The zero-order valence-electron chi connectivity index (χ0n) is 9.89. The molecule has 0 saturated carbocycles. The van der Waals surface area contributed by atoms with Crippen LogP contribution in [0.3, 0.4) is 0 Å². The number of hydrogen-bond acceptors (Lipinski definition) is 3. The molecule has 1 aromatic carbocycles. The fourth-order valence-corrected chi connectivity index (χ4v) is 2.30. The van der Waals surface area contributed by atoms with Crippen molar-refractivity contribution in [1.29, 1.82) is 0 Å². The van der Waals surface area contributed by atoms with Gasteiger partial charge in [-0.15, -0.1) is 5.10 Å². The topological polar surface area (TPSA) is 42.7 Å². The van der Waals surface area contributed by atoms with Crippen molar-refractivity contribution in [3.8, 4) is 0 Å². The standard InChI is InChI=1S/C12H15BrN4/c1-9(11-5-3-4-6-12(11)13)14-7-10-8-17(2)16-15-10/h3-6,8-9,14H,7H2,1-2H3. The smallest absolute Gasteiger partial charge is 0.0964 e. The van der Waals surface area contributed by atoms with E-state index in [9.17, 15) is 0 Å². The molecule has 5 heteroatoms. The van der Waals surface area contributed by atoms with Gasteiger partial charge in [-0.2, -0.15) is 0 Å². The summed E-state index contributed by atoms with van der Waals surface area (Å²) in [5.41, 5.74) is 2.20. The number of benzene rings is 1. The first kappa shape index (κ1) is 12.3. The molecule has 1 aromatic heterocycles. The van der Waals surface area contributed by atoms with Crippen LogP contribution in [0.5, 0.6) is 0 Å². The van der Waals surface area contributed by atoms with E-state index in [0.717, 1.165) is 16.7 Å². The van der Waals surface area contributed by atoms with Gasteiger partial charge in [0.1, 0.15) is 0 Å². The Bertz CT molecular complexity index is 495. The van der Waals surface area contributed by atoms with E-state index in [1.807, 2.05) is 25.4 Å². The number of nitrogens with one attached hydrogen (secondary N) is 1. The molecule has 1 atom stereocenters. The zero-order valence-corrected chi connectivity index (χ0v) is 11.5. The predicted molar refractivity (Wildman–Crippen MR) is 70.4 cm³/mol. The lowest BCUT2D eigenvalue weighted by molar-refractivity contribution is 0.565. The minimum atomic E-state index is 0.271. The summed E-state index contributed by atoms with van der Waals surface area (Å²) in [4.78, 5) is 0. The lowest BCUT2D eigenvalue weighted by Gasteiger charge is -2.14. The van der Waals surface area contributed by atoms with Gasteiger partial charge >= 0.3 is 0 Å². The summed E-state index contributed by atoms with van der Waals surface area (Å²) in [6.45, 7) is 2.85. The van der Waals surface area contributed by atoms with Crippen molar-refractivity contribution in [2.24, 2.45) is 7.05 Å². The SMILES string of the molecule is CC(NCc1cn(C)nn1)c1ccccc1Br. The molecule has 0 amide bonds. The average molecular weight is 295 g/mol. The molecule has 4 nitrogen and oxygen atoms in total. The van der Waals surface area contributed by atoms with Crippen LogP contribution in [0.1, 0.15) is 24.2 Å². The van der Waals surface area contributed by atoms with Gasteiger partial charge in [-0.25, -0.2) is 0 Å². The molecule has 1 unspecified atom stereocenters. The number of hydrogen-bond donors (Lipinski definition) is 1. The highest BCUT2D eigenvalue weighted by Gasteiger charge is 2.08. The van der Waals surface area contributed by atoms with Crippen molar-refractivity contribution in [2.45, 2.75) is 19.5 Å². The molecule has 0 aliphatic rings. The summed E-state index contributed by atoms with van der Waals surface area (Å²) in [5.74, 6) is 0. The van der Waals surface area contributed by atoms with Crippen LogP contribution < -0.4 is 5.32 Å². The lowest BCUT2D eigenvalue weighted by Crippen LogP contribution is -2.18. The van der Waals surface area contributed by atoms with Crippen LogP contribution in [0.2, 0.25) is 0 Å². The molecule has 0 fully saturated rings. The molecule has 2 rings (SSSR count). The van der Waals surface area contributed by atoms with Crippen molar-refractivity contribution in [1.82, 2.24) is 20.3 Å². The van der Waals surface area contributed by atoms with Crippen LogP contribution in [-0.2, 0) is 13.6 Å². The van der Waals surface area contributed by atoms with E-state index in [0.29, 0.717) is 0 Å². The maximum absolute atomic E-state index is 4.04. The molecule has 2 aromatic rings. The number of halogens is 1. The highest BCUT2D eigenvalue weighted by Crippen LogP contribution is 2.22. The quantitative estimate of drug-likeness (QED) is 0.942. The maximum Gasteiger partial charge on any atom is 0.0964 e. The van der Waals surface area contributed by atoms with Crippen molar-refractivity contribution < 1.29 is 0 Å². The summed E-state index contributed by atoms with van der Waals surface area (Å²) >= 11 is 3.56. The van der Waals surface area contributed by atoms with Crippen LogP contribution in [0.4, 0.5) is 0 Å². The molecular weight excluding hydrogens is 280 g/mol. The second-order valence-electron chi connectivity index (χ2n) is 4.01. The van der Waals surface area contributed by atoms with Gasteiger partial charge < -0.3 is 5.32 Å². The molecule has 0 bridgehead atoms. The van der Waals surface area contributed by atoms with Crippen LogP contribution in [0.15, 0.2) is 34.9 Å². The molecule has 1 heterocycles. The second-order valence-corrected chi connectivity index (χ2v) is 4.86. The highest BCUT2D eigenvalue weighted by molar-refractivity contribution is 9.10. The Morgan fingerprint density at radius 1 is 1.41 bits per heavy atom. The van der Waals surface area contributed by atoms with Crippen molar-refractivity contribution in [2.75, 3.05) is 0 Å². The van der Waals surface area contributed by atoms with E-state index in [4.69, 9.17) is 0 Å². The monoisotopic (exact) mass is 294 g/mol. The second kappa shape index (κ2) is 5.42. The van der Waals surface area contributed by atoms with E-state index >= 15 is 0 Å². The Morgan fingerprint density at radius 2 is 2.18 bits per heavy atom. The maximum atomic E-state index is 4.04. The predicted octanol–water partition coefficient (Wildman–Crippen LogP) is 2.43. The highest BCUT2D eigenvalue weighted by atomic mass is 79.9. The van der Waals surface area contributed by atoms with E-state index in [1.165, 1.54) is 5.56 Å². The third kappa shape index (κ3) is 3.14. The number of aryl methyl sites for hydroxylation is 1. The fraction of sp³-hybridized carbons (Fsp3) is 0.333. The molecule has 1 N–H and O–H groups in total. The molecule has 0 aliphatic heterocycles. The molecule has 0 saturated heterocycles. The Balaban J connectivity index is 1.98. The number of nitrogens with zero attached hydrogens (tertiary/aromatic N) is 3. The summed E-state index contributed by atoms with van der Waals surface area (Å²) in [7, 11) is 1.87. The number of rotatable bonds is 4. The van der Waals surface area contributed by atoms with E-state index in [2.05, 4.69) is 50.6 Å². The van der Waals surface area contributed by atoms with Gasteiger partial charge in [-0.1, -0.05) is 39.3 Å². The third-order valence-electron chi connectivity index (χ3n) is 2.61. The molecule has 90 valence electrons. The summed E-state index contributed by atoms with van der Waals surface area (Å²) in [6.07, 6.45) is 1.92. The van der Waals surface area contributed by atoms with E-state index in [1.54, 1.807) is 4.68 Å². The minimum absolute atomic E-state index is 0.271. The molecule has 0 spiro atoms. The van der Waals surface area contributed by atoms with E-state index in [-0.39, 0.29) is 6.04 Å². The average Bonchev–Trinajstić information content (AvgIpc) is 2.73. The van der Waals surface area contributed by atoms with Gasteiger partial charge in [0.25, 0.3) is 0 Å². The molecular formula is C12H15BrN4. The zero-order chi connectivity index (χ0) is 12.3. The first-order chi connectivity index (χ1) is 8.16. The van der Waals surface area contributed by atoms with Crippen LogP contribution in [0, 0.1) is 0 Å². The minimum Gasteiger partial charge on any atom is -0.304 e. The molecule has 0 aliphatic carbocycles. The summed E-state index contributed by atoms with van der Waals surface area (Å²) in [6, 6.07) is 8.49. The van der Waals surface area contributed by atoms with Gasteiger partial charge in [0.2, 0.25) is 0 Å². The van der Waals surface area contributed by atoms with Crippen LogP contribution >= 0.6 is 15.9 Å². The largest absolute Gasteiger partial charge is 0.304 e. The van der Waals surface area contributed by atoms with Crippen molar-refractivity contribution >= 4 is 15.9 Å². The van der Waals surface area contributed by atoms with Gasteiger partial charge in [0.05, 0.1) is 5.69 Å². The lowest BCUT2D eigenvalue weighted by atomic mass is 10.1. The summed E-state index contributed by atoms with van der Waals surface area (Å²) < 4.78 is 2.83. The Kier molecular flexibility index (Phi) is 3.91. The van der Waals surface area contributed by atoms with Crippen molar-refractivity contribution in [3.63, 3.8) is 0 Å². The van der Waals surface area contributed by atoms with Gasteiger partial charge in [0.15, 0.2) is 0 Å². The normalized spacial score (nSPS) is 12.6. The number of aromatic nitrogens is 3. The van der Waals surface area contributed by atoms with Gasteiger partial charge in [-0.05, 0) is 18.6 Å². The van der Waals surface area contributed by atoms with Gasteiger partial charge in [-0.3, -0.25) is 4.68 Å². The van der Waals surface area contributed by atoms with Crippen LogP contribution in [0.25, 0.3) is 0 Å². The van der Waals surface area contributed by atoms with Crippen molar-refractivity contribution in [3.05, 3.63) is 46.2 Å². The molecule has 0 radical (unpaired) electrons. The summed E-state index contributed by atoms with van der Waals surface area (Å²) in [5, 5.41) is 11.4. The third-order valence-corrected chi connectivity index (χ3v) is 3.33. The Hall–Kier alpha value is -1.20. The fourth-order valence-electron chi connectivity index (χ4n) is 1.67. The first-order valence-corrected chi connectivity index (χ1v) is 6.29. The Morgan fingerprint density at radius 3 is 2.82 bits per heavy atom. The first-order valence-electron chi connectivity index (χ1n) is 5.50. The molecule has 17 heavy (non-hydrogen) atoms. The Labute approximate surface area is 109 Å². The van der Waals surface area contributed by atoms with Crippen LogP contribution in [-0.4, -0.2) is 15.0 Å².